The molecule has 0 aromatic carbocycles. The molecule has 1 rings (SSSR count). The van der Waals surface area contributed by atoms with E-state index >= 15 is 0 Å². The van der Waals surface area contributed by atoms with E-state index < -0.39 is 10.4 Å². The minimum Gasteiger partial charge on any atom is -0.391 e. The maximum Gasteiger partial charge on any atom is 0.149 e. The zero-order chi connectivity index (χ0) is 8.48. The molecule has 0 amide bonds. The van der Waals surface area contributed by atoms with E-state index in [0.29, 0.717) is 0 Å². The van der Waals surface area contributed by atoms with Crippen molar-refractivity contribution in [2.75, 3.05) is 0 Å². The number of Topliss-reactive ketones (excluding diaryl/α,β-unsaturated/α-hetero) is 1. The molecule has 0 saturated heterocycles. The molecular weight excluding hydrogens is 208 g/mol. The quantitative estimate of drug-likeness (QED) is 0.683. The highest BCUT2D eigenvalue weighted by atomic mass is 79.9. The van der Waals surface area contributed by atoms with Gasteiger partial charge in [-0.1, -0.05) is 28.8 Å². The van der Waals surface area contributed by atoms with E-state index in [1.807, 2.05) is 0 Å². The Morgan fingerprint density at radius 2 is 2.27 bits per heavy atom. The minimum absolute atomic E-state index is 0.0460. The molecular formula is C8H13BrO2. The van der Waals surface area contributed by atoms with Crippen LogP contribution >= 0.6 is 15.9 Å². The summed E-state index contributed by atoms with van der Waals surface area (Å²) >= 11 is 3.33. The Morgan fingerprint density at radius 3 is 2.64 bits per heavy atom. The predicted molar refractivity (Wildman–Crippen MR) is 46.8 cm³/mol. The molecule has 1 N–H and O–H groups in total. The number of aliphatic hydroxyl groups excluding tert-OH is 1. The second-order valence-corrected chi connectivity index (χ2v) is 4.60. The monoisotopic (exact) mass is 220 g/mol. The van der Waals surface area contributed by atoms with Crippen LogP contribution in [0.3, 0.4) is 0 Å². The molecule has 0 bridgehead atoms. The number of ketones is 1. The fraction of sp³-hybridized carbons (Fsp3) is 0.875. The molecule has 0 aromatic heterocycles. The van der Waals surface area contributed by atoms with Crippen LogP contribution < -0.4 is 0 Å². The molecule has 1 fully saturated rings. The molecule has 0 heterocycles. The number of aliphatic hydroxyl groups is 1. The van der Waals surface area contributed by atoms with Gasteiger partial charge in [-0.25, -0.2) is 0 Å². The summed E-state index contributed by atoms with van der Waals surface area (Å²) in [4.78, 5) is 11.1. The summed E-state index contributed by atoms with van der Waals surface area (Å²) in [6.07, 6.45) is 3.08. The van der Waals surface area contributed by atoms with Crippen molar-refractivity contribution in [2.24, 2.45) is 0 Å². The number of hydrogen-bond acceptors (Lipinski definition) is 2. The Labute approximate surface area is 75.1 Å². The normalized spacial score (nSPS) is 38.6. The molecule has 11 heavy (non-hydrogen) atoms. The van der Waals surface area contributed by atoms with Crippen LogP contribution in [0.2, 0.25) is 0 Å². The first-order valence-corrected chi connectivity index (χ1v) is 4.74. The predicted octanol–water partition coefficient (Wildman–Crippen LogP) is 1.64. The summed E-state index contributed by atoms with van der Waals surface area (Å²) < 4.78 is -0.634. The van der Waals surface area contributed by atoms with Gasteiger partial charge in [-0.2, -0.15) is 0 Å². The first kappa shape index (κ1) is 9.20. The molecule has 64 valence electrons. The molecule has 1 aliphatic rings. The van der Waals surface area contributed by atoms with Crippen LogP contribution in [0.5, 0.6) is 0 Å². The van der Waals surface area contributed by atoms with Crippen LogP contribution in [0.25, 0.3) is 0 Å². The zero-order valence-electron chi connectivity index (χ0n) is 6.64. The summed E-state index contributed by atoms with van der Waals surface area (Å²) in [5.74, 6) is 0.0460. The van der Waals surface area contributed by atoms with E-state index in [2.05, 4.69) is 15.9 Å². The highest BCUT2D eigenvalue weighted by Gasteiger charge is 2.41. The van der Waals surface area contributed by atoms with Crippen LogP contribution in [-0.2, 0) is 4.79 Å². The van der Waals surface area contributed by atoms with Crippen molar-refractivity contribution in [3.05, 3.63) is 0 Å². The summed E-state index contributed by atoms with van der Waals surface area (Å²) in [6, 6.07) is 0. The van der Waals surface area contributed by atoms with Crippen LogP contribution in [0.4, 0.5) is 0 Å². The minimum atomic E-state index is -0.634. The fourth-order valence-corrected chi connectivity index (χ4v) is 2.04. The Balaban J connectivity index is 2.72. The van der Waals surface area contributed by atoms with Gasteiger partial charge in [0.15, 0.2) is 0 Å². The third kappa shape index (κ3) is 1.64. The number of carbonyl (C=O) groups is 1. The number of alkyl halides is 1. The van der Waals surface area contributed by atoms with Crippen molar-refractivity contribution in [3.63, 3.8) is 0 Å². The van der Waals surface area contributed by atoms with Crippen molar-refractivity contribution < 1.29 is 9.90 Å². The van der Waals surface area contributed by atoms with Gasteiger partial charge in [-0.05, 0) is 19.8 Å². The Bertz CT molecular complexity index is 169. The molecule has 1 aliphatic carbocycles. The van der Waals surface area contributed by atoms with Gasteiger partial charge >= 0.3 is 0 Å². The molecule has 2 atom stereocenters. The SMILES string of the molecule is CC(=O)[C@@]1(Br)CCCC[C@H]1O. The van der Waals surface area contributed by atoms with E-state index in [4.69, 9.17) is 0 Å². The lowest BCUT2D eigenvalue weighted by atomic mass is 9.84. The van der Waals surface area contributed by atoms with E-state index in [1.165, 1.54) is 6.92 Å². The third-order valence-electron chi connectivity index (χ3n) is 2.38. The molecule has 0 radical (unpaired) electrons. The van der Waals surface area contributed by atoms with Gasteiger partial charge in [-0.15, -0.1) is 0 Å². The van der Waals surface area contributed by atoms with Gasteiger partial charge in [0.2, 0.25) is 0 Å². The standard InChI is InChI=1S/C8H13BrO2/c1-6(10)8(9)5-3-2-4-7(8)11/h7,11H,2-5H2,1H3/t7-,8+/m1/s1. The fourth-order valence-electron chi connectivity index (χ4n) is 1.53. The maximum atomic E-state index is 11.1. The van der Waals surface area contributed by atoms with Gasteiger partial charge in [0, 0.05) is 0 Å². The molecule has 0 spiro atoms. The van der Waals surface area contributed by atoms with Crippen molar-refractivity contribution in [3.8, 4) is 0 Å². The number of rotatable bonds is 1. The average molecular weight is 221 g/mol. The Kier molecular flexibility index (Phi) is 2.70. The van der Waals surface area contributed by atoms with Gasteiger partial charge in [0.05, 0.1) is 6.10 Å². The lowest BCUT2D eigenvalue weighted by Gasteiger charge is -2.34. The van der Waals surface area contributed by atoms with E-state index in [0.717, 1.165) is 25.7 Å². The summed E-state index contributed by atoms with van der Waals surface area (Å²) in [6.45, 7) is 1.53. The highest BCUT2D eigenvalue weighted by Crippen LogP contribution is 2.36. The third-order valence-corrected chi connectivity index (χ3v) is 3.86. The molecule has 3 heteroatoms. The first-order chi connectivity index (χ1) is 5.07. The van der Waals surface area contributed by atoms with Crippen LogP contribution in [-0.4, -0.2) is 21.3 Å². The van der Waals surface area contributed by atoms with Gasteiger partial charge < -0.3 is 5.11 Å². The van der Waals surface area contributed by atoms with Crippen molar-refractivity contribution >= 4 is 21.7 Å². The Hall–Kier alpha value is 0.110. The topological polar surface area (TPSA) is 37.3 Å². The number of halogens is 1. The van der Waals surface area contributed by atoms with Gasteiger partial charge in [0.25, 0.3) is 0 Å². The molecule has 1 saturated carbocycles. The lowest BCUT2D eigenvalue weighted by Crippen LogP contribution is -2.44. The average Bonchev–Trinajstić information content (AvgIpc) is 1.95. The smallest absolute Gasteiger partial charge is 0.149 e. The lowest BCUT2D eigenvalue weighted by molar-refractivity contribution is -0.122. The summed E-state index contributed by atoms with van der Waals surface area (Å²) in [7, 11) is 0. The van der Waals surface area contributed by atoms with Crippen LogP contribution in [0.1, 0.15) is 32.6 Å². The maximum absolute atomic E-state index is 11.1. The zero-order valence-corrected chi connectivity index (χ0v) is 8.23. The van der Waals surface area contributed by atoms with E-state index in [9.17, 15) is 9.90 Å². The Morgan fingerprint density at radius 1 is 1.64 bits per heavy atom. The van der Waals surface area contributed by atoms with Crippen LogP contribution in [0, 0.1) is 0 Å². The first-order valence-electron chi connectivity index (χ1n) is 3.95. The number of carbonyl (C=O) groups excluding carboxylic acids is 1. The van der Waals surface area contributed by atoms with Crippen molar-refractivity contribution in [1.29, 1.82) is 0 Å². The highest BCUT2D eigenvalue weighted by molar-refractivity contribution is 9.10. The molecule has 0 aromatic rings. The second-order valence-electron chi connectivity index (χ2n) is 3.18. The molecule has 0 unspecified atom stereocenters. The summed E-state index contributed by atoms with van der Waals surface area (Å²) in [5.41, 5.74) is 0. The molecule has 0 aliphatic heterocycles. The van der Waals surface area contributed by atoms with Crippen LogP contribution in [0.15, 0.2) is 0 Å². The van der Waals surface area contributed by atoms with E-state index in [1.54, 1.807) is 0 Å². The van der Waals surface area contributed by atoms with Gasteiger partial charge in [0.1, 0.15) is 10.1 Å². The molecule has 2 nitrogen and oxygen atoms in total. The van der Waals surface area contributed by atoms with E-state index in [-0.39, 0.29) is 5.78 Å². The number of hydrogen-bond donors (Lipinski definition) is 1. The van der Waals surface area contributed by atoms with Gasteiger partial charge in [-0.3, -0.25) is 4.79 Å². The largest absolute Gasteiger partial charge is 0.391 e. The summed E-state index contributed by atoms with van der Waals surface area (Å²) in [5, 5.41) is 9.53. The van der Waals surface area contributed by atoms with Crippen molar-refractivity contribution in [1.82, 2.24) is 0 Å². The van der Waals surface area contributed by atoms with Crippen molar-refractivity contribution in [2.45, 2.75) is 43.0 Å². The second kappa shape index (κ2) is 3.23.